The number of rotatable bonds is 2. The zero-order chi connectivity index (χ0) is 17.3. The van der Waals surface area contributed by atoms with Crippen molar-refractivity contribution in [2.24, 2.45) is 5.41 Å². The summed E-state index contributed by atoms with van der Waals surface area (Å²) in [4.78, 5) is 12.0. The molecule has 122 valence electrons. The van der Waals surface area contributed by atoms with E-state index in [4.69, 9.17) is 4.74 Å². The Labute approximate surface area is 140 Å². The van der Waals surface area contributed by atoms with Crippen LogP contribution in [-0.2, 0) is 4.79 Å². The average molecular weight is 322 g/mol. The van der Waals surface area contributed by atoms with Gasteiger partial charge in [-0.2, -0.15) is 0 Å². The van der Waals surface area contributed by atoms with Crippen LogP contribution in [0.1, 0.15) is 20.8 Å². The monoisotopic (exact) mass is 322 g/mol. The minimum atomic E-state index is -0.545. The third-order valence-electron chi connectivity index (χ3n) is 3.79. The predicted molar refractivity (Wildman–Crippen MR) is 94.4 cm³/mol. The number of esters is 1. The van der Waals surface area contributed by atoms with E-state index in [0.717, 1.165) is 21.9 Å². The second-order valence-corrected chi connectivity index (χ2v) is 6.87. The van der Waals surface area contributed by atoms with Gasteiger partial charge in [0.1, 0.15) is 11.6 Å². The Balaban J connectivity index is 1.93. The van der Waals surface area contributed by atoms with Gasteiger partial charge in [0.05, 0.1) is 5.41 Å². The zero-order valence-electron chi connectivity index (χ0n) is 14.0. The van der Waals surface area contributed by atoms with Crippen LogP contribution in [-0.4, -0.2) is 5.97 Å². The van der Waals surface area contributed by atoms with Crippen LogP contribution in [0.3, 0.4) is 0 Å². The van der Waals surface area contributed by atoms with Gasteiger partial charge in [0.25, 0.3) is 0 Å². The highest BCUT2D eigenvalue weighted by atomic mass is 19.1. The fraction of sp³-hybridized carbons (Fsp3) is 0.190. The maximum atomic E-state index is 13.4. The van der Waals surface area contributed by atoms with E-state index in [1.54, 1.807) is 12.1 Å². The second kappa shape index (κ2) is 6.08. The standard InChI is InChI=1S/C21H19FO2/c1-21(2,3)20(23)24-19-10-9-16-11-15(7-8-17(16)13-19)14-5-4-6-18(22)12-14/h4-13H,1-3H3. The van der Waals surface area contributed by atoms with Gasteiger partial charge in [-0.25, -0.2) is 4.39 Å². The number of carbonyl (C=O) groups excluding carboxylic acids is 1. The molecular weight excluding hydrogens is 303 g/mol. The molecule has 0 unspecified atom stereocenters. The minimum Gasteiger partial charge on any atom is -0.426 e. The Kier molecular flexibility index (Phi) is 4.10. The summed E-state index contributed by atoms with van der Waals surface area (Å²) in [6.45, 7) is 5.46. The van der Waals surface area contributed by atoms with Crippen molar-refractivity contribution >= 4 is 16.7 Å². The van der Waals surface area contributed by atoms with Crippen molar-refractivity contribution in [3.8, 4) is 16.9 Å². The largest absolute Gasteiger partial charge is 0.426 e. The van der Waals surface area contributed by atoms with Crippen LogP contribution >= 0.6 is 0 Å². The maximum Gasteiger partial charge on any atom is 0.316 e. The Morgan fingerprint density at radius 2 is 1.54 bits per heavy atom. The molecule has 2 nitrogen and oxygen atoms in total. The molecule has 0 heterocycles. The first-order valence-corrected chi connectivity index (χ1v) is 7.85. The first-order valence-electron chi connectivity index (χ1n) is 7.85. The zero-order valence-corrected chi connectivity index (χ0v) is 14.0. The van der Waals surface area contributed by atoms with Crippen molar-refractivity contribution in [1.82, 2.24) is 0 Å². The van der Waals surface area contributed by atoms with E-state index in [1.165, 1.54) is 12.1 Å². The van der Waals surface area contributed by atoms with E-state index in [2.05, 4.69) is 0 Å². The molecule has 0 aliphatic heterocycles. The van der Waals surface area contributed by atoms with E-state index in [9.17, 15) is 9.18 Å². The molecule has 0 aromatic heterocycles. The summed E-state index contributed by atoms with van der Waals surface area (Å²) in [7, 11) is 0. The Morgan fingerprint density at radius 1 is 0.875 bits per heavy atom. The van der Waals surface area contributed by atoms with Crippen LogP contribution in [0.25, 0.3) is 21.9 Å². The van der Waals surface area contributed by atoms with E-state index >= 15 is 0 Å². The van der Waals surface area contributed by atoms with Crippen molar-refractivity contribution in [2.45, 2.75) is 20.8 Å². The molecule has 0 saturated heterocycles. The van der Waals surface area contributed by atoms with Gasteiger partial charge in [-0.3, -0.25) is 4.79 Å². The fourth-order valence-corrected chi connectivity index (χ4v) is 2.40. The molecule has 0 bridgehead atoms. The first-order chi connectivity index (χ1) is 11.3. The van der Waals surface area contributed by atoms with Gasteiger partial charge in [0.15, 0.2) is 0 Å². The van der Waals surface area contributed by atoms with Crippen LogP contribution < -0.4 is 4.74 Å². The van der Waals surface area contributed by atoms with Crippen molar-refractivity contribution < 1.29 is 13.9 Å². The molecule has 3 rings (SSSR count). The molecular formula is C21H19FO2. The number of hydrogen-bond donors (Lipinski definition) is 0. The summed E-state index contributed by atoms with van der Waals surface area (Å²) in [6, 6.07) is 17.9. The topological polar surface area (TPSA) is 26.3 Å². The molecule has 0 fully saturated rings. The van der Waals surface area contributed by atoms with Gasteiger partial charge in [0, 0.05) is 0 Å². The van der Waals surface area contributed by atoms with Gasteiger partial charge < -0.3 is 4.74 Å². The highest BCUT2D eigenvalue weighted by Crippen LogP contribution is 2.28. The molecule has 3 aromatic carbocycles. The van der Waals surface area contributed by atoms with Crippen molar-refractivity contribution in [3.05, 3.63) is 66.5 Å². The fourth-order valence-electron chi connectivity index (χ4n) is 2.40. The number of fused-ring (bicyclic) bond motifs is 1. The Hall–Kier alpha value is -2.68. The molecule has 0 saturated carbocycles. The maximum absolute atomic E-state index is 13.4. The number of benzene rings is 3. The minimum absolute atomic E-state index is 0.253. The average Bonchev–Trinajstić information content (AvgIpc) is 2.53. The Bertz CT molecular complexity index is 907. The molecule has 3 heteroatoms. The SMILES string of the molecule is CC(C)(C)C(=O)Oc1ccc2cc(-c3cccc(F)c3)ccc2c1. The van der Waals surface area contributed by atoms with Crippen LogP contribution in [0.15, 0.2) is 60.7 Å². The van der Waals surface area contributed by atoms with E-state index in [0.29, 0.717) is 5.75 Å². The van der Waals surface area contributed by atoms with Gasteiger partial charge >= 0.3 is 5.97 Å². The third-order valence-corrected chi connectivity index (χ3v) is 3.79. The predicted octanol–water partition coefficient (Wildman–Crippen LogP) is 5.60. The number of ether oxygens (including phenoxy) is 1. The molecule has 24 heavy (non-hydrogen) atoms. The molecule has 0 spiro atoms. The Morgan fingerprint density at radius 3 is 2.25 bits per heavy atom. The molecule has 0 amide bonds. The lowest BCUT2D eigenvalue weighted by atomic mass is 9.97. The van der Waals surface area contributed by atoms with E-state index in [1.807, 2.05) is 57.2 Å². The van der Waals surface area contributed by atoms with Crippen molar-refractivity contribution in [2.75, 3.05) is 0 Å². The lowest BCUT2D eigenvalue weighted by molar-refractivity contribution is -0.142. The van der Waals surface area contributed by atoms with Gasteiger partial charge in [-0.15, -0.1) is 0 Å². The van der Waals surface area contributed by atoms with Gasteiger partial charge in [-0.05, 0) is 73.0 Å². The number of carbonyl (C=O) groups is 1. The molecule has 0 atom stereocenters. The number of halogens is 1. The second-order valence-electron chi connectivity index (χ2n) is 6.87. The van der Waals surface area contributed by atoms with E-state index in [-0.39, 0.29) is 11.8 Å². The van der Waals surface area contributed by atoms with Crippen molar-refractivity contribution in [1.29, 1.82) is 0 Å². The number of hydrogen-bond acceptors (Lipinski definition) is 2. The van der Waals surface area contributed by atoms with Crippen LogP contribution in [0.2, 0.25) is 0 Å². The summed E-state index contributed by atoms with van der Waals surface area (Å²) in [5, 5.41) is 1.97. The van der Waals surface area contributed by atoms with Crippen LogP contribution in [0, 0.1) is 11.2 Å². The molecule has 0 N–H and O–H groups in total. The normalized spacial score (nSPS) is 11.5. The summed E-state index contributed by atoms with van der Waals surface area (Å²) < 4.78 is 18.8. The van der Waals surface area contributed by atoms with Crippen molar-refractivity contribution in [3.63, 3.8) is 0 Å². The highest BCUT2D eigenvalue weighted by molar-refractivity contribution is 5.89. The first kappa shape index (κ1) is 16.2. The van der Waals surface area contributed by atoms with E-state index < -0.39 is 5.41 Å². The van der Waals surface area contributed by atoms with Gasteiger partial charge in [0.2, 0.25) is 0 Å². The summed E-state index contributed by atoms with van der Waals surface area (Å²) >= 11 is 0. The summed E-state index contributed by atoms with van der Waals surface area (Å²) in [5.41, 5.74) is 1.23. The third kappa shape index (κ3) is 3.46. The van der Waals surface area contributed by atoms with Gasteiger partial charge in [-0.1, -0.05) is 30.3 Å². The molecule has 0 aliphatic carbocycles. The molecule has 3 aromatic rings. The van der Waals surface area contributed by atoms with Crippen LogP contribution in [0.5, 0.6) is 5.75 Å². The lowest BCUT2D eigenvalue weighted by Gasteiger charge is -2.16. The summed E-state index contributed by atoms with van der Waals surface area (Å²) in [6.07, 6.45) is 0. The molecule has 0 aliphatic rings. The lowest BCUT2D eigenvalue weighted by Crippen LogP contribution is -2.25. The van der Waals surface area contributed by atoms with Crippen LogP contribution in [0.4, 0.5) is 4.39 Å². The highest BCUT2D eigenvalue weighted by Gasteiger charge is 2.23. The quantitative estimate of drug-likeness (QED) is 0.453. The summed E-state index contributed by atoms with van der Waals surface area (Å²) in [5.74, 6) is 0.0104. The smallest absolute Gasteiger partial charge is 0.316 e. The molecule has 0 radical (unpaired) electrons.